The molecule has 0 saturated carbocycles. The van der Waals surface area contributed by atoms with E-state index in [1.165, 1.54) is 11.3 Å². The first-order valence-electron chi connectivity index (χ1n) is 6.76. The largest absolute Gasteiger partial charge is 0.371 e. The number of carbonyl (C=O) groups excluding carboxylic acids is 1. The first-order chi connectivity index (χ1) is 10.3. The van der Waals surface area contributed by atoms with Gasteiger partial charge in [-0.05, 0) is 12.5 Å². The van der Waals surface area contributed by atoms with Crippen LogP contribution in [0.5, 0.6) is 0 Å². The fourth-order valence-corrected chi connectivity index (χ4v) is 2.88. The summed E-state index contributed by atoms with van der Waals surface area (Å²) in [5, 5.41) is 7.68. The molecule has 2 amide bonds. The third kappa shape index (κ3) is 3.56. The second-order valence-corrected chi connectivity index (χ2v) is 5.50. The Hall–Kier alpha value is -1.99. The third-order valence-electron chi connectivity index (χ3n) is 3.33. The molecule has 1 fully saturated rings. The molecule has 2 aromatic heterocycles. The molecule has 2 atom stereocenters. The van der Waals surface area contributed by atoms with Crippen molar-refractivity contribution in [1.29, 1.82) is 0 Å². The first kappa shape index (κ1) is 14.0. The van der Waals surface area contributed by atoms with Crippen LogP contribution in [0.25, 0.3) is 0 Å². The van der Waals surface area contributed by atoms with Crippen LogP contribution in [0.3, 0.4) is 0 Å². The number of pyridine rings is 1. The number of hydrogen-bond acceptors (Lipinski definition) is 5. The Morgan fingerprint density at radius 3 is 3.24 bits per heavy atom. The van der Waals surface area contributed by atoms with Gasteiger partial charge in [0.05, 0.1) is 23.8 Å². The Labute approximate surface area is 126 Å². The maximum absolute atomic E-state index is 12.0. The summed E-state index contributed by atoms with van der Waals surface area (Å²) < 4.78 is 5.71. The van der Waals surface area contributed by atoms with Crippen LogP contribution in [0.1, 0.15) is 23.8 Å². The van der Waals surface area contributed by atoms with Crippen LogP contribution in [0.4, 0.5) is 4.79 Å². The molecule has 2 N–H and O–H groups in total. The van der Waals surface area contributed by atoms with Crippen LogP contribution in [0.2, 0.25) is 0 Å². The van der Waals surface area contributed by atoms with E-state index in [2.05, 4.69) is 20.6 Å². The number of ether oxygens (including phenoxy) is 1. The number of nitrogens with zero attached hydrogens (tertiary/aromatic N) is 2. The van der Waals surface area contributed by atoms with Crippen LogP contribution >= 0.6 is 11.3 Å². The van der Waals surface area contributed by atoms with E-state index < -0.39 is 0 Å². The maximum Gasteiger partial charge on any atom is 0.315 e. The molecule has 3 heterocycles. The summed E-state index contributed by atoms with van der Waals surface area (Å²) in [5.74, 6) is 0. The smallest absolute Gasteiger partial charge is 0.315 e. The lowest BCUT2D eigenvalue weighted by Crippen LogP contribution is -2.43. The highest BCUT2D eigenvalue weighted by atomic mass is 32.1. The van der Waals surface area contributed by atoms with Gasteiger partial charge in [0.2, 0.25) is 0 Å². The van der Waals surface area contributed by atoms with Gasteiger partial charge in [-0.15, -0.1) is 11.3 Å². The highest BCUT2D eigenvalue weighted by molar-refractivity contribution is 7.07. The van der Waals surface area contributed by atoms with Gasteiger partial charge in [0, 0.05) is 29.9 Å². The molecule has 1 aliphatic heterocycles. The van der Waals surface area contributed by atoms with E-state index >= 15 is 0 Å². The molecule has 3 rings (SSSR count). The molecular weight excluding hydrogens is 288 g/mol. The lowest BCUT2D eigenvalue weighted by molar-refractivity contribution is 0.0996. The zero-order valence-electron chi connectivity index (χ0n) is 11.4. The lowest BCUT2D eigenvalue weighted by Gasteiger charge is -2.20. The lowest BCUT2D eigenvalue weighted by atomic mass is 10.0. The van der Waals surface area contributed by atoms with Crippen molar-refractivity contribution in [3.63, 3.8) is 0 Å². The summed E-state index contributed by atoms with van der Waals surface area (Å²) in [4.78, 5) is 20.2. The van der Waals surface area contributed by atoms with Gasteiger partial charge < -0.3 is 15.4 Å². The highest BCUT2D eigenvalue weighted by Gasteiger charge is 2.30. The van der Waals surface area contributed by atoms with Gasteiger partial charge in [0.1, 0.15) is 6.10 Å². The van der Waals surface area contributed by atoms with Crippen molar-refractivity contribution < 1.29 is 9.53 Å². The van der Waals surface area contributed by atoms with Crippen molar-refractivity contribution in [3.8, 4) is 0 Å². The second kappa shape index (κ2) is 6.64. The summed E-state index contributed by atoms with van der Waals surface area (Å²) in [6.07, 6.45) is 4.16. The maximum atomic E-state index is 12.0. The van der Waals surface area contributed by atoms with Crippen molar-refractivity contribution in [2.75, 3.05) is 6.61 Å². The normalized spacial score (nSPS) is 21.1. The van der Waals surface area contributed by atoms with Crippen LogP contribution in [-0.2, 0) is 11.3 Å². The minimum absolute atomic E-state index is 0.0374. The fourth-order valence-electron chi connectivity index (χ4n) is 2.33. The monoisotopic (exact) mass is 304 g/mol. The van der Waals surface area contributed by atoms with Crippen molar-refractivity contribution in [2.45, 2.75) is 25.1 Å². The van der Waals surface area contributed by atoms with Crippen molar-refractivity contribution in [2.24, 2.45) is 0 Å². The van der Waals surface area contributed by atoms with Crippen molar-refractivity contribution in [3.05, 3.63) is 46.7 Å². The zero-order valence-corrected chi connectivity index (χ0v) is 12.2. The highest BCUT2D eigenvalue weighted by Crippen LogP contribution is 2.28. The zero-order chi connectivity index (χ0) is 14.5. The molecule has 1 aliphatic rings. The summed E-state index contributed by atoms with van der Waals surface area (Å²) in [7, 11) is 0. The first-order valence-corrected chi connectivity index (χ1v) is 7.70. The van der Waals surface area contributed by atoms with E-state index in [-0.39, 0.29) is 18.2 Å². The number of carbonyl (C=O) groups is 1. The average molecular weight is 304 g/mol. The predicted molar refractivity (Wildman–Crippen MR) is 78.8 cm³/mol. The molecule has 110 valence electrons. The van der Waals surface area contributed by atoms with E-state index in [0.29, 0.717) is 13.2 Å². The van der Waals surface area contributed by atoms with E-state index in [1.807, 2.05) is 17.5 Å². The van der Waals surface area contributed by atoms with E-state index in [9.17, 15) is 4.79 Å². The number of rotatable bonds is 4. The summed E-state index contributed by atoms with van der Waals surface area (Å²) in [6.45, 7) is 1.07. The van der Waals surface area contributed by atoms with E-state index in [4.69, 9.17) is 4.74 Å². The Balaban J connectivity index is 1.55. The number of amides is 2. The molecule has 0 aromatic carbocycles. The minimum atomic E-state index is -0.201. The van der Waals surface area contributed by atoms with Gasteiger partial charge in [-0.25, -0.2) is 9.78 Å². The molecule has 7 heteroatoms. The molecule has 0 spiro atoms. The molecule has 2 aromatic rings. The Bertz CT molecular complexity index is 576. The van der Waals surface area contributed by atoms with Gasteiger partial charge >= 0.3 is 6.03 Å². The topological polar surface area (TPSA) is 76.1 Å². The van der Waals surface area contributed by atoms with E-state index in [1.54, 1.807) is 17.9 Å². The van der Waals surface area contributed by atoms with Gasteiger partial charge in [-0.1, -0.05) is 6.07 Å². The fraction of sp³-hybridized carbons (Fsp3) is 0.357. The molecule has 0 unspecified atom stereocenters. The number of hydrogen-bond donors (Lipinski definition) is 2. The summed E-state index contributed by atoms with van der Waals surface area (Å²) >= 11 is 1.51. The van der Waals surface area contributed by atoms with E-state index in [0.717, 1.165) is 17.7 Å². The average Bonchev–Trinajstić information content (AvgIpc) is 3.17. The molecule has 0 radical (unpaired) electrons. The molecule has 0 bridgehead atoms. The summed E-state index contributed by atoms with van der Waals surface area (Å²) in [6, 6.07) is 3.60. The number of urea groups is 1. The summed E-state index contributed by atoms with van der Waals surface area (Å²) in [5.41, 5.74) is 3.60. The number of nitrogens with one attached hydrogen (secondary N) is 2. The quantitative estimate of drug-likeness (QED) is 0.904. The number of thiazole rings is 1. The third-order valence-corrected chi connectivity index (χ3v) is 3.97. The SMILES string of the molecule is O=C(NCc1cscn1)N[C@H]1CCO[C@@H]1c1cccnc1. The Morgan fingerprint density at radius 2 is 2.48 bits per heavy atom. The second-order valence-electron chi connectivity index (χ2n) is 4.78. The van der Waals surface area contributed by atoms with Crippen LogP contribution in [-0.4, -0.2) is 28.6 Å². The molecule has 0 aliphatic carbocycles. The van der Waals surface area contributed by atoms with Gasteiger partial charge in [0.15, 0.2) is 0 Å². The Kier molecular flexibility index (Phi) is 4.42. The standard InChI is InChI=1S/C14H16N4O2S/c19-14(16-7-11-8-21-9-17-11)18-12-3-5-20-13(12)10-2-1-4-15-6-10/h1-2,4,6,8-9,12-13H,3,5,7H2,(H2,16,18,19)/t12-,13+/m0/s1. The molecule has 6 nitrogen and oxygen atoms in total. The van der Waals surface area contributed by atoms with Crippen molar-refractivity contribution in [1.82, 2.24) is 20.6 Å². The molecular formula is C14H16N4O2S. The van der Waals surface area contributed by atoms with Crippen molar-refractivity contribution >= 4 is 17.4 Å². The predicted octanol–water partition coefficient (Wildman–Crippen LogP) is 1.87. The number of aromatic nitrogens is 2. The van der Waals surface area contributed by atoms with Gasteiger partial charge in [-0.3, -0.25) is 4.98 Å². The Morgan fingerprint density at radius 1 is 1.52 bits per heavy atom. The van der Waals surface area contributed by atoms with Crippen LogP contribution < -0.4 is 10.6 Å². The molecule has 1 saturated heterocycles. The van der Waals surface area contributed by atoms with Crippen LogP contribution in [0, 0.1) is 0 Å². The molecule has 21 heavy (non-hydrogen) atoms. The minimum Gasteiger partial charge on any atom is -0.371 e. The van der Waals surface area contributed by atoms with Crippen LogP contribution in [0.15, 0.2) is 35.4 Å². The van der Waals surface area contributed by atoms with Gasteiger partial charge in [0.25, 0.3) is 0 Å². The van der Waals surface area contributed by atoms with Gasteiger partial charge in [-0.2, -0.15) is 0 Å².